The topological polar surface area (TPSA) is 73.3 Å². The predicted molar refractivity (Wildman–Crippen MR) is 199 cm³/mol. The molecule has 1 heterocycles. The number of aromatic nitrogens is 2. The highest BCUT2D eigenvalue weighted by atomic mass is 32.2. The first-order valence-electron chi connectivity index (χ1n) is 17.8. The fraction of sp³-hybridized carbons (Fsp3) is 0.500. The zero-order valence-electron chi connectivity index (χ0n) is 28.5. The van der Waals surface area contributed by atoms with Crippen LogP contribution < -0.4 is 15.5 Å². The molecular formula is C40H53N5OS. The first kappa shape index (κ1) is 33.8. The van der Waals surface area contributed by atoms with Crippen LogP contribution in [-0.4, -0.2) is 53.6 Å². The highest BCUT2D eigenvalue weighted by Gasteiger charge is 2.24. The Hall–Kier alpha value is -3.13. The summed E-state index contributed by atoms with van der Waals surface area (Å²) in [4.78, 5) is 13.0. The van der Waals surface area contributed by atoms with E-state index >= 15 is 0 Å². The first-order valence-corrected chi connectivity index (χ1v) is 18.7. The number of rotatable bonds is 13. The van der Waals surface area contributed by atoms with Gasteiger partial charge in [0.1, 0.15) is 5.82 Å². The van der Waals surface area contributed by atoms with E-state index in [4.69, 9.17) is 9.97 Å². The van der Waals surface area contributed by atoms with E-state index in [1.807, 2.05) is 38.0 Å². The number of anilines is 2. The molecule has 3 aromatic carbocycles. The summed E-state index contributed by atoms with van der Waals surface area (Å²) in [5.41, 5.74) is 4.74. The number of fused-ring (bicyclic) bond motifs is 1. The van der Waals surface area contributed by atoms with Crippen molar-refractivity contribution in [3.63, 3.8) is 0 Å². The van der Waals surface area contributed by atoms with E-state index in [1.54, 1.807) is 0 Å². The summed E-state index contributed by atoms with van der Waals surface area (Å²) in [5, 5.41) is 20.2. The van der Waals surface area contributed by atoms with Gasteiger partial charge in [0, 0.05) is 42.2 Å². The van der Waals surface area contributed by atoms with Crippen LogP contribution in [0.5, 0.6) is 0 Å². The largest absolute Gasteiger partial charge is 0.388 e. The van der Waals surface area contributed by atoms with Crippen molar-refractivity contribution in [1.29, 1.82) is 0 Å². The van der Waals surface area contributed by atoms with Gasteiger partial charge in [-0.15, -0.1) is 11.8 Å². The molecule has 0 bridgehead atoms. The summed E-state index contributed by atoms with van der Waals surface area (Å²) in [6.45, 7) is 4.03. The van der Waals surface area contributed by atoms with Crippen LogP contribution in [0.4, 0.5) is 11.8 Å². The predicted octanol–water partition coefficient (Wildman–Crippen LogP) is 8.90. The van der Waals surface area contributed by atoms with Gasteiger partial charge in [-0.1, -0.05) is 73.4 Å². The lowest BCUT2D eigenvalue weighted by Crippen LogP contribution is -2.34. The minimum atomic E-state index is -0.466. The lowest BCUT2D eigenvalue weighted by molar-refractivity contribution is 0.166. The Kier molecular flexibility index (Phi) is 11.7. The lowest BCUT2D eigenvalue weighted by Gasteiger charge is -2.30. The summed E-state index contributed by atoms with van der Waals surface area (Å²) in [5.74, 6) is 3.03. The van der Waals surface area contributed by atoms with Gasteiger partial charge in [-0.2, -0.15) is 4.98 Å². The molecule has 2 saturated carbocycles. The molecule has 0 amide bonds. The maximum absolute atomic E-state index is 11.4. The second kappa shape index (κ2) is 16.3. The number of aliphatic hydroxyl groups excluding tert-OH is 1. The molecule has 2 unspecified atom stereocenters. The standard InChI is InChI=1S/C40H53N5OS/c1-28-13-23-34(24-14-28)47-35(25-38(46)32-19-17-31(18-20-32)30-9-5-4-6-10-30)27-41-26-29-15-21-33(22-16-29)42-40-43-37-12-8-7-11-36(37)39(44-40)45(2)3/h7-8,11-14,17-20,23-24,29-30,33,35,38,41,46H,4-6,9-10,15-16,21-22,25-27H2,1-3H3,(H,42,43,44)/t29-,33+,35?,38?. The van der Waals surface area contributed by atoms with Crippen LogP contribution in [0.3, 0.4) is 0 Å². The number of nitrogens with one attached hydrogen (secondary N) is 2. The minimum Gasteiger partial charge on any atom is -0.388 e. The summed E-state index contributed by atoms with van der Waals surface area (Å²) < 4.78 is 0. The molecule has 0 saturated heterocycles. The van der Waals surface area contributed by atoms with Gasteiger partial charge in [-0.25, -0.2) is 4.98 Å². The number of thioether (sulfide) groups is 1. The Morgan fingerprint density at radius 2 is 1.57 bits per heavy atom. The van der Waals surface area contributed by atoms with Crippen LogP contribution in [-0.2, 0) is 0 Å². The number of para-hydroxylation sites is 1. The second-order valence-electron chi connectivity index (χ2n) is 14.1. The average Bonchev–Trinajstić information content (AvgIpc) is 3.10. The Morgan fingerprint density at radius 1 is 0.851 bits per heavy atom. The molecule has 6 nitrogen and oxygen atoms in total. The monoisotopic (exact) mass is 651 g/mol. The minimum absolute atomic E-state index is 0.277. The lowest BCUT2D eigenvalue weighted by atomic mass is 9.83. The number of aliphatic hydroxyl groups is 1. The van der Waals surface area contributed by atoms with Gasteiger partial charge in [0.05, 0.1) is 11.6 Å². The number of hydrogen-bond donors (Lipinski definition) is 3. The molecule has 2 aliphatic carbocycles. The SMILES string of the molecule is Cc1ccc(SC(CNC[C@H]2CC[C@@H](Nc3nc(N(C)C)c4ccccc4n3)CC2)CC(O)c2ccc(C3CCCCC3)cc2)cc1. The van der Waals surface area contributed by atoms with E-state index in [1.165, 1.54) is 61.0 Å². The molecule has 6 rings (SSSR count). The molecule has 2 fully saturated rings. The van der Waals surface area contributed by atoms with Gasteiger partial charge in [-0.05, 0) is 106 Å². The highest BCUT2D eigenvalue weighted by Crippen LogP contribution is 2.35. The Bertz CT molecular complexity index is 1550. The van der Waals surface area contributed by atoms with Crippen molar-refractivity contribution >= 4 is 34.4 Å². The van der Waals surface area contributed by atoms with E-state index in [2.05, 4.69) is 83.1 Å². The van der Waals surface area contributed by atoms with E-state index in [0.29, 0.717) is 17.9 Å². The van der Waals surface area contributed by atoms with Crippen molar-refractivity contribution in [2.45, 2.75) is 99.3 Å². The summed E-state index contributed by atoms with van der Waals surface area (Å²) >= 11 is 1.89. The van der Waals surface area contributed by atoms with E-state index in [9.17, 15) is 5.11 Å². The van der Waals surface area contributed by atoms with Crippen molar-refractivity contribution in [3.8, 4) is 0 Å². The summed E-state index contributed by atoms with van der Waals surface area (Å²) in [6, 6.07) is 26.3. The molecule has 0 radical (unpaired) electrons. The summed E-state index contributed by atoms with van der Waals surface area (Å²) in [6.07, 6.45) is 11.5. The van der Waals surface area contributed by atoms with Gasteiger partial charge in [0.15, 0.2) is 0 Å². The van der Waals surface area contributed by atoms with E-state index < -0.39 is 6.10 Å². The number of hydrogen-bond acceptors (Lipinski definition) is 7. The van der Waals surface area contributed by atoms with E-state index in [0.717, 1.165) is 60.6 Å². The van der Waals surface area contributed by atoms with Crippen LogP contribution >= 0.6 is 11.8 Å². The van der Waals surface area contributed by atoms with Crippen molar-refractivity contribution < 1.29 is 5.11 Å². The van der Waals surface area contributed by atoms with Crippen LogP contribution in [0.1, 0.15) is 92.9 Å². The van der Waals surface area contributed by atoms with Crippen LogP contribution in [0.25, 0.3) is 10.9 Å². The Balaban J connectivity index is 1.01. The fourth-order valence-electron chi connectivity index (χ4n) is 7.40. The molecule has 7 heteroatoms. The van der Waals surface area contributed by atoms with Crippen molar-refractivity contribution in [1.82, 2.24) is 15.3 Å². The van der Waals surface area contributed by atoms with E-state index in [-0.39, 0.29) is 5.25 Å². The Labute approximate surface area is 286 Å². The highest BCUT2D eigenvalue weighted by molar-refractivity contribution is 8.00. The molecule has 2 aliphatic rings. The normalized spacial score (nSPS) is 20.2. The van der Waals surface area contributed by atoms with Gasteiger partial charge < -0.3 is 20.6 Å². The zero-order chi connectivity index (χ0) is 32.6. The summed E-state index contributed by atoms with van der Waals surface area (Å²) in [7, 11) is 4.08. The molecule has 3 N–H and O–H groups in total. The van der Waals surface area contributed by atoms with Crippen LogP contribution in [0, 0.1) is 12.8 Å². The van der Waals surface area contributed by atoms with Gasteiger partial charge >= 0.3 is 0 Å². The van der Waals surface area contributed by atoms with Crippen LogP contribution in [0.15, 0.2) is 77.7 Å². The molecule has 2 atom stereocenters. The molecule has 0 spiro atoms. The molecule has 1 aromatic heterocycles. The van der Waals surface area contributed by atoms with Crippen molar-refractivity contribution in [2.75, 3.05) is 37.4 Å². The number of aryl methyl sites for hydroxylation is 1. The quantitative estimate of drug-likeness (QED) is 0.125. The molecule has 0 aliphatic heterocycles. The molecule has 4 aromatic rings. The smallest absolute Gasteiger partial charge is 0.225 e. The molecular weight excluding hydrogens is 599 g/mol. The Morgan fingerprint density at radius 3 is 2.30 bits per heavy atom. The maximum Gasteiger partial charge on any atom is 0.225 e. The maximum atomic E-state index is 11.4. The average molecular weight is 652 g/mol. The van der Waals surface area contributed by atoms with Crippen molar-refractivity contribution in [3.05, 3.63) is 89.5 Å². The third-order valence-corrected chi connectivity index (χ3v) is 11.4. The third kappa shape index (κ3) is 9.27. The van der Waals surface area contributed by atoms with Gasteiger partial charge in [0.2, 0.25) is 5.95 Å². The fourth-order valence-corrected chi connectivity index (χ4v) is 8.56. The van der Waals surface area contributed by atoms with Gasteiger partial charge in [-0.3, -0.25) is 0 Å². The van der Waals surface area contributed by atoms with Gasteiger partial charge in [0.25, 0.3) is 0 Å². The van der Waals surface area contributed by atoms with Crippen LogP contribution in [0.2, 0.25) is 0 Å². The first-order chi connectivity index (χ1) is 22.9. The zero-order valence-corrected chi connectivity index (χ0v) is 29.3. The number of nitrogens with zero attached hydrogens (tertiary/aromatic N) is 3. The molecule has 47 heavy (non-hydrogen) atoms. The molecule has 250 valence electrons. The second-order valence-corrected chi connectivity index (χ2v) is 15.5. The number of benzene rings is 3. The third-order valence-electron chi connectivity index (χ3n) is 10.2. The van der Waals surface area contributed by atoms with Crippen molar-refractivity contribution in [2.24, 2.45) is 5.92 Å².